The molecule has 2 N–H and O–H groups in total. The van der Waals surface area contributed by atoms with Crippen molar-refractivity contribution in [3.8, 4) is 0 Å². The Hall–Kier alpha value is -3.80. The van der Waals surface area contributed by atoms with Gasteiger partial charge in [-0.2, -0.15) is 0 Å². The fourth-order valence-electron chi connectivity index (χ4n) is 5.41. The van der Waals surface area contributed by atoms with Gasteiger partial charge in [-0.05, 0) is 72.6 Å². The van der Waals surface area contributed by atoms with Gasteiger partial charge >= 0.3 is 12.1 Å². The van der Waals surface area contributed by atoms with Crippen molar-refractivity contribution >= 4 is 23.4 Å². The van der Waals surface area contributed by atoms with Gasteiger partial charge in [0.25, 0.3) is 0 Å². The summed E-state index contributed by atoms with van der Waals surface area (Å²) in [5.41, 5.74) is 7.36. The molecule has 0 aliphatic heterocycles. The van der Waals surface area contributed by atoms with Gasteiger partial charge in [0.05, 0.1) is 12.1 Å². The average Bonchev–Trinajstić information content (AvgIpc) is 3.49. The van der Waals surface area contributed by atoms with E-state index in [-0.39, 0.29) is 24.1 Å². The van der Waals surface area contributed by atoms with Gasteiger partial charge in [0.1, 0.15) is 0 Å². The zero-order chi connectivity index (χ0) is 24.5. The van der Waals surface area contributed by atoms with E-state index in [0.29, 0.717) is 11.4 Å². The van der Waals surface area contributed by atoms with Gasteiger partial charge in [0.15, 0.2) is 0 Å². The number of anilines is 2. The van der Waals surface area contributed by atoms with Gasteiger partial charge in [-0.1, -0.05) is 54.6 Å². The van der Waals surface area contributed by atoms with Crippen LogP contribution in [-0.2, 0) is 12.8 Å². The zero-order valence-electron chi connectivity index (χ0n) is 20.5. The normalized spacial score (nSPS) is 17.9. The second-order valence-electron chi connectivity index (χ2n) is 9.62. The van der Waals surface area contributed by atoms with Crippen LogP contribution in [-0.4, -0.2) is 36.0 Å². The molecule has 2 aliphatic rings. The fourth-order valence-corrected chi connectivity index (χ4v) is 5.41. The Labute approximate surface area is 206 Å². The molecule has 0 radical (unpaired) electrons. The first-order valence-electron chi connectivity index (χ1n) is 12.3. The molecule has 0 spiro atoms. The summed E-state index contributed by atoms with van der Waals surface area (Å²) in [6.07, 6.45) is 3.82. The molecular weight excluding hydrogens is 436 g/mol. The summed E-state index contributed by atoms with van der Waals surface area (Å²) in [6.45, 7) is 1.95. The standard InChI is InChI=1S/C29H32N4O2/c1-19-12-15-22(30-28(34)32(2)26-16-13-20-8-4-6-10-23(20)26)18-25(19)31-29(35)33(3)27-17-14-21-9-5-7-11-24(21)27/h4-12,15,18,26-27H,13-14,16-17H2,1-3H3,(H,30,34)(H,31,35). The number of fused-ring (bicyclic) bond motifs is 2. The largest absolute Gasteiger partial charge is 0.322 e. The molecule has 3 aromatic rings. The van der Waals surface area contributed by atoms with Crippen molar-refractivity contribution in [2.45, 2.75) is 44.7 Å². The number of aryl methyl sites for hydroxylation is 3. The maximum atomic E-state index is 13.1. The third-order valence-corrected chi connectivity index (χ3v) is 7.51. The minimum absolute atomic E-state index is 0.0670. The fraction of sp³-hybridized carbons (Fsp3) is 0.310. The number of urea groups is 2. The van der Waals surface area contributed by atoms with E-state index in [0.717, 1.165) is 31.2 Å². The van der Waals surface area contributed by atoms with Crippen LogP contribution in [0, 0.1) is 6.92 Å². The quantitative estimate of drug-likeness (QED) is 0.472. The van der Waals surface area contributed by atoms with Gasteiger partial charge in [-0.15, -0.1) is 0 Å². The van der Waals surface area contributed by atoms with Crippen molar-refractivity contribution in [3.05, 3.63) is 94.5 Å². The molecule has 0 aromatic heterocycles. The molecule has 35 heavy (non-hydrogen) atoms. The molecule has 2 atom stereocenters. The number of rotatable bonds is 4. The van der Waals surface area contributed by atoms with Crippen LogP contribution in [0.3, 0.4) is 0 Å². The maximum Gasteiger partial charge on any atom is 0.322 e. The monoisotopic (exact) mass is 468 g/mol. The Kier molecular flexibility index (Phi) is 6.20. The smallest absolute Gasteiger partial charge is 0.321 e. The molecule has 3 aromatic carbocycles. The van der Waals surface area contributed by atoms with E-state index in [1.165, 1.54) is 22.3 Å². The molecule has 0 heterocycles. The molecule has 2 unspecified atom stereocenters. The number of benzene rings is 3. The number of nitrogens with zero attached hydrogens (tertiary/aromatic N) is 2. The van der Waals surface area contributed by atoms with Gasteiger partial charge in [-0.25, -0.2) is 9.59 Å². The van der Waals surface area contributed by atoms with Crippen molar-refractivity contribution in [1.29, 1.82) is 0 Å². The van der Waals surface area contributed by atoms with Crippen molar-refractivity contribution in [2.75, 3.05) is 24.7 Å². The lowest BCUT2D eigenvalue weighted by Gasteiger charge is -2.27. The van der Waals surface area contributed by atoms with E-state index in [1.807, 2.05) is 63.5 Å². The lowest BCUT2D eigenvalue weighted by atomic mass is 10.1. The van der Waals surface area contributed by atoms with E-state index in [9.17, 15) is 9.59 Å². The maximum absolute atomic E-state index is 13.1. The highest BCUT2D eigenvalue weighted by molar-refractivity contribution is 5.93. The number of amides is 4. The van der Waals surface area contributed by atoms with E-state index in [4.69, 9.17) is 0 Å². The van der Waals surface area contributed by atoms with Crippen LogP contribution in [0.1, 0.15) is 52.7 Å². The second kappa shape index (κ2) is 9.45. The van der Waals surface area contributed by atoms with Gasteiger partial charge in [-0.3, -0.25) is 0 Å². The van der Waals surface area contributed by atoms with Crippen LogP contribution in [0.5, 0.6) is 0 Å². The third-order valence-electron chi connectivity index (χ3n) is 7.51. The molecule has 2 aliphatic carbocycles. The average molecular weight is 469 g/mol. The highest BCUT2D eigenvalue weighted by Crippen LogP contribution is 2.36. The van der Waals surface area contributed by atoms with E-state index >= 15 is 0 Å². The topological polar surface area (TPSA) is 64.7 Å². The molecule has 0 saturated heterocycles. The van der Waals surface area contributed by atoms with Crippen molar-refractivity contribution in [2.24, 2.45) is 0 Å². The van der Waals surface area contributed by atoms with Crippen molar-refractivity contribution < 1.29 is 9.59 Å². The molecule has 0 fully saturated rings. The summed E-state index contributed by atoms with van der Waals surface area (Å²) in [4.78, 5) is 29.7. The Balaban J connectivity index is 1.26. The summed E-state index contributed by atoms with van der Waals surface area (Å²) in [5.74, 6) is 0. The number of hydrogen-bond donors (Lipinski definition) is 2. The molecule has 0 saturated carbocycles. The predicted octanol–water partition coefficient (Wildman–Crippen LogP) is 6.30. The Bertz CT molecular complexity index is 1270. The highest BCUT2D eigenvalue weighted by atomic mass is 16.2. The van der Waals surface area contributed by atoms with Crippen LogP contribution < -0.4 is 10.6 Å². The van der Waals surface area contributed by atoms with Crippen LogP contribution >= 0.6 is 0 Å². The first-order chi connectivity index (χ1) is 16.9. The van der Waals surface area contributed by atoms with Gasteiger partial charge in [0.2, 0.25) is 0 Å². The number of nitrogens with one attached hydrogen (secondary N) is 2. The SMILES string of the molecule is Cc1ccc(NC(=O)N(C)C2CCc3ccccc32)cc1NC(=O)N(C)C1CCc2ccccc21. The molecular formula is C29H32N4O2. The molecule has 6 nitrogen and oxygen atoms in total. The number of carbonyl (C=O) groups excluding carboxylic acids is 2. The van der Waals surface area contributed by atoms with Gasteiger partial charge in [0, 0.05) is 25.5 Å². The summed E-state index contributed by atoms with van der Waals surface area (Å²) in [5, 5.41) is 6.06. The molecule has 5 rings (SSSR count). The van der Waals surface area contributed by atoms with Crippen LogP contribution in [0.4, 0.5) is 21.0 Å². The second-order valence-corrected chi connectivity index (χ2v) is 9.62. The Morgan fingerprint density at radius 2 is 1.26 bits per heavy atom. The summed E-state index contributed by atoms with van der Waals surface area (Å²) >= 11 is 0. The first kappa shape index (κ1) is 23.0. The predicted molar refractivity (Wildman–Crippen MR) is 140 cm³/mol. The van der Waals surface area contributed by atoms with Crippen LogP contribution in [0.2, 0.25) is 0 Å². The van der Waals surface area contributed by atoms with Crippen molar-refractivity contribution in [1.82, 2.24) is 9.80 Å². The highest BCUT2D eigenvalue weighted by Gasteiger charge is 2.30. The third kappa shape index (κ3) is 4.48. The molecule has 0 bridgehead atoms. The summed E-state index contributed by atoms with van der Waals surface area (Å²) in [7, 11) is 3.69. The minimum Gasteiger partial charge on any atom is -0.321 e. The van der Waals surface area contributed by atoms with Crippen LogP contribution in [0.25, 0.3) is 0 Å². The van der Waals surface area contributed by atoms with E-state index in [1.54, 1.807) is 9.80 Å². The zero-order valence-corrected chi connectivity index (χ0v) is 20.5. The Morgan fingerprint density at radius 3 is 1.83 bits per heavy atom. The first-order valence-corrected chi connectivity index (χ1v) is 12.3. The van der Waals surface area contributed by atoms with Gasteiger partial charge < -0.3 is 20.4 Å². The number of hydrogen-bond acceptors (Lipinski definition) is 2. The molecule has 4 amide bonds. The lowest BCUT2D eigenvalue weighted by molar-refractivity contribution is 0.203. The molecule has 6 heteroatoms. The van der Waals surface area contributed by atoms with Crippen molar-refractivity contribution in [3.63, 3.8) is 0 Å². The lowest BCUT2D eigenvalue weighted by Crippen LogP contribution is -2.34. The van der Waals surface area contributed by atoms with E-state index < -0.39 is 0 Å². The Morgan fingerprint density at radius 1 is 0.743 bits per heavy atom. The number of carbonyl (C=O) groups is 2. The van der Waals surface area contributed by atoms with Crippen LogP contribution in [0.15, 0.2) is 66.7 Å². The summed E-state index contributed by atoms with van der Waals surface area (Å²) in [6, 6.07) is 22.1. The minimum atomic E-state index is -0.160. The molecule has 180 valence electrons. The van der Waals surface area contributed by atoms with E-state index in [2.05, 4.69) is 34.9 Å². The summed E-state index contributed by atoms with van der Waals surface area (Å²) < 4.78 is 0.